The Morgan fingerprint density at radius 1 is 1.16 bits per heavy atom. The molecule has 3 heteroatoms. The summed E-state index contributed by atoms with van der Waals surface area (Å²) >= 11 is 0. The van der Waals surface area contributed by atoms with E-state index in [4.69, 9.17) is 9.47 Å². The van der Waals surface area contributed by atoms with Crippen LogP contribution in [-0.2, 0) is 0 Å². The van der Waals surface area contributed by atoms with Crippen LogP contribution in [-0.4, -0.2) is 18.8 Å². The highest BCUT2D eigenvalue weighted by Crippen LogP contribution is 2.29. The fourth-order valence-electron chi connectivity index (χ4n) is 2.00. The topological polar surface area (TPSA) is 38.7 Å². The van der Waals surface area contributed by atoms with Gasteiger partial charge in [-0.2, -0.15) is 0 Å². The molecule has 1 aromatic rings. The zero-order chi connectivity index (χ0) is 14.1. The van der Waals surface area contributed by atoms with Crippen LogP contribution in [0.1, 0.15) is 57.6 Å². The molecule has 0 aliphatic carbocycles. The molecule has 0 spiro atoms. The van der Waals surface area contributed by atoms with Crippen molar-refractivity contribution in [1.29, 1.82) is 0 Å². The highest BCUT2D eigenvalue weighted by molar-refractivity contribution is 5.41. The molecular formula is C16H26O3. The van der Waals surface area contributed by atoms with Crippen LogP contribution in [0.2, 0.25) is 0 Å². The largest absolute Gasteiger partial charge is 0.497 e. The van der Waals surface area contributed by atoms with Gasteiger partial charge in [-0.1, -0.05) is 32.6 Å². The lowest BCUT2D eigenvalue weighted by molar-refractivity contribution is 0.190. The standard InChI is InChI=1S/C16H26O3/c1-4-5-6-7-8-11-19-16-12-14(18-3)9-10-15(16)13(2)17/h9-10,12-13,17H,4-8,11H2,1-3H3/t13-/m0/s1. The Hall–Kier alpha value is -1.22. The number of hydrogen-bond acceptors (Lipinski definition) is 3. The summed E-state index contributed by atoms with van der Waals surface area (Å²) in [6, 6.07) is 5.54. The summed E-state index contributed by atoms with van der Waals surface area (Å²) in [5, 5.41) is 9.72. The van der Waals surface area contributed by atoms with Crippen LogP contribution in [0.25, 0.3) is 0 Å². The first-order valence-corrected chi connectivity index (χ1v) is 7.17. The molecular weight excluding hydrogens is 240 g/mol. The molecule has 19 heavy (non-hydrogen) atoms. The van der Waals surface area contributed by atoms with Gasteiger partial charge in [-0.3, -0.25) is 0 Å². The summed E-state index contributed by atoms with van der Waals surface area (Å²) < 4.78 is 11.0. The van der Waals surface area contributed by atoms with Crippen LogP contribution in [0.4, 0.5) is 0 Å². The molecule has 0 bridgehead atoms. The lowest BCUT2D eigenvalue weighted by Gasteiger charge is -2.14. The first-order valence-electron chi connectivity index (χ1n) is 7.17. The van der Waals surface area contributed by atoms with Gasteiger partial charge in [0.25, 0.3) is 0 Å². The SMILES string of the molecule is CCCCCCCOc1cc(OC)ccc1[C@H](C)O. The normalized spacial score (nSPS) is 12.2. The third-order valence-electron chi connectivity index (χ3n) is 3.18. The third kappa shape index (κ3) is 5.52. The average molecular weight is 266 g/mol. The van der Waals surface area contributed by atoms with E-state index in [0.29, 0.717) is 6.61 Å². The van der Waals surface area contributed by atoms with Gasteiger partial charge < -0.3 is 14.6 Å². The molecule has 0 radical (unpaired) electrons. The van der Waals surface area contributed by atoms with Crippen molar-refractivity contribution in [2.45, 2.75) is 52.1 Å². The maximum Gasteiger partial charge on any atom is 0.128 e. The van der Waals surface area contributed by atoms with Gasteiger partial charge >= 0.3 is 0 Å². The molecule has 1 N–H and O–H groups in total. The average Bonchev–Trinajstić information content (AvgIpc) is 2.42. The molecule has 1 rings (SSSR count). The summed E-state index contributed by atoms with van der Waals surface area (Å²) in [6.07, 6.45) is 5.53. The van der Waals surface area contributed by atoms with Crippen LogP contribution in [0.5, 0.6) is 11.5 Å². The van der Waals surface area contributed by atoms with E-state index < -0.39 is 6.10 Å². The number of aliphatic hydroxyl groups is 1. The maximum absolute atomic E-state index is 9.72. The zero-order valence-electron chi connectivity index (χ0n) is 12.3. The lowest BCUT2D eigenvalue weighted by atomic mass is 10.1. The Balaban J connectivity index is 2.50. The number of hydrogen-bond donors (Lipinski definition) is 1. The predicted molar refractivity (Wildman–Crippen MR) is 77.9 cm³/mol. The molecule has 0 amide bonds. The first kappa shape index (κ1) is 15.8. The Labute approximate surface area is 116 Å². The second-order valence-electron chi connectivity index (χ2n) is 4.84. The Morgan fingerprint density at radius 3 is 2.53 bits per heavy atom. The van der Waals surface area contributed by atoms with Gasteiger partial charge in [-0.15, -0.1) is 0 Å². The van der Waals surface area contributed by atoms with E-state index in [1.54, 1.807) is 14.0 Å². The number of methoxy groups -OCH3 is 1. The van der Waals surface area contributed by atoms with Crippen molar-refractivity contribution in [3.63, 3.8) is 0 Å². The minimum absolute atomic E-state index is 0.527. The third-order valence-corrected chi connectivity index (χ3v) is 3.18. The van der Waals surface area contributed by atoms with Crippen LogP contribution in [0.15, 0.2) is 18.2 Å². The molecule has 0 saturated heterocycles. The Morgan fingerprint density at radius 2 is 1.89 bits per heavy atom. The van der Waals surface area contributed by atoms with Gasteiger partial charge in [0, 0.05) is 11.6 Å². The highest BCUT2D eigenvalue weighted by Gasteiger charge is 2.10. The van der Waals surface area contributed by atoms with E-state index in [1.165, 1.54) is 25.7 Å². The molecule has 108 valence electrons. The van der Waals surface area contributed by atoms with E-state index >= 15 is 0 Å². The fraction of sp³-hybridized carbons (Fsp3) is 0.625. The summed E-state index contributed by atoms with van der Waals surface area (Å²) in [7, 11) is 1.63. The smallest absolute Gasteiger partial charge is 0.128 e. The zero-order valence-corrected chi connectivity index (χ0v) is 12.3. The van der Waals surface area contributed by atoms with Crippen molar-refractivity contribution in [3.05, 3.63) is 23.8 Å². The van der Waals surface area contributed by atoms with E-state index in [2.05, 4.69) is 6.92 Å². The van der Waals surface area contributed by atoms with Gasteiger partial charge in [0.2, 0.25) is 0 Å². The monoisotopic (exact) mass is 266 g/mol. The molecule has 1 aromatic carbocycles. The number of benzene rings is 1. The van der Waals surface area contributed by atoms with Crippen molar-refractivity contribution >= 4 is 0 Å². The van der Waals surface area contributed by atoms with E-state index in [1.807, 2.05) is 18.2 Å². The number of rotatable bonds is 9. The fourth-order valence-corrected chi connectivity index (χ4v) is 2.00. The minimum Gasteiger partial charge on any atom is -0.497 e. The maximum atomic E-state index is 9.72. The van der Waals surface area contributed by atoms with Crippen LogP contribution in [0.3, 0.4) is 0 Å². The van der Waals surface area contributed by atoms with Crippen LogP contribution in [0, 0.1) is 0 Å². The first-order chi connectivity index (χ1) is 9.19. The van der Waals surface area contributed by atoms with Gasteiger partial charge in [-0.05, 0) is 25.5 Å². The number of ether oxygens (including phenoxy) is 2. The number of aliphatic hydroxyl groups excluding tert-OH is 1. The summed E-state index contributed by atoms with van der Waals surface area (Å²) in [4.78, 5) is 0. The number of unbranched alkanes of at least 4 members (excludes halogenated alkanes) is 4. The Bertz CT molecular complexity index is 361. The minimum atomic E-state index is -0.527. The van der Waals surface area contributed by atoms with Crippen molar-refractivity contribution in [1.82, 2.24) is 0 Å². The molecule has 1 atom stereocenters. The molecule has 0 unspecified atom stereocenters. The van der Waals surface area contributed by atoms with E-state index in [9.17, 15) is 5.11 Å². The molecule has 0 aliphatic heterocycles. The van der Waals surface area contributed by atoms with Crippen molar-refractivity contribution in [2.75, 3.05) is 13.7 Å². The molecule has 0 fully saturated rings. The molecule has 3 nitrogen and oxygen atoms in total. The van der Waals surface area contributed by atoms with Gasteiger partial charge in [0.15, 0.2) is 0 Å². The van der Waals surface area contributed by atoms with Crippen molar-refractivity contribution in [2.24, 2.45) is 0 Å². The highest BCUT2D eigenvalue weighted by atomic mass is 16.5. The van der Waals surface area contributed by atoms with Crippen molar-refractivity contribution < 1.29 is 14.6 Å². The van der Waals surface area contributed by atoms with Crippen LogP contribution >= 0.6 is 0 Å². The summed E-state index contributed by atoms with van der Waals surface area (Å²) in [6.45, 7) is 4.65. The van der Waals surface area contributed by atoms with E-state index in [0.717, 1.165) is 23.5 Å². The molecule has 0 saturated carbocycles. The lowest BCUT2D eigenvalue weighted by Crippen LogP contribution is -2.03. The van der Waals surface area contributed by atoms with Crippen LogP contribution < -0.4 is 9.47 Å². The summed E-state index contributed by atoms with van der Waals surface area (Å²) in [5.74, 6) is 1.48. The van der Waals surface area contributed by atoms with Crippen molar-refractivity contribution in [3.8, 4) is 11.5 Å². The predicted octanol–water partition coefficient (Wildman–Crippen LogP) is 4.10. The molecule has 0 aliphatic rings. The quantitative estimate of drug-likeness (QED) is 0.684. The van der Waals surface area contributed by atoms with Gasteiger partial charge in [-0.25, -0.2) is 0 Å². The van der Waals surface area contributed by atoms with E-state index in [-0.39, 0.29) is 0 Å². The van der Waals surface area contributed by atoms with Gasteiger partial charge in [0.1, 0.15) is 11.5 Å². The molecule has 0 aromatic heterocycles. The molecule has 0 heterocycles. The van der Waals surface area contributed by atoms with Gasteiger partial charge in [0.05, 0.1) is 19.8 Å². The Kier molecular flexibility index (Phi) is 7.34. The second-order valence-corrected chi connectivity index (χ2v) is 4.84. The summed E-state index contributed by atoms with van der Waals surface area (Å²) in [5.41, 5.74) is 0.814. The second kappa shape index (κ2) is 8.81.